The third-order valence-electron chi connectivity index (χ3n) is 5.75. The number of ether oxygens (including phenoxy) is 1. The Morgan fingerprint density at radius 3 is 3.00 bits per heavy atom. The van der Waals surface area contributed by atoms with E-state index in [0.29, 0.717) is 0 Å². The Labute approximate surface area is 229 Å². The summed E-state index contributed by atoms with van der Waals surface area (Å²) in [6.07, 6.45) is -9.95. The molecule has 0 bridgehead atoms. The van der Waals surface area contributed by atoms with Crippen molar-refractivity contribution in [1.82, 2.24) is 25.0 Å². The standard InChI is InChI=1S/C24H31FN6O4S/c1-3-8-36-24-27-22(26-16-10-14(16)13-5-4-12(2)15(25)9-13)19-23(28-24)31(30-29-19)17-11-18(35-7-6-32)21(34)20(17)33/h4-5,9,14,16-18,20-21,32-34H,3,6-8,10-11H2,1-2H3,(H,26,27,28)/t14-,16+,17+,18-,20-,21+/m0/s1/i3D2,4D,5D,7D2,8D2,9D,10D2,14D. The second kappa shape index (κ2) is 10.5. The second-order valence-corrected chi connectivity index (χ2v) is 8.86. The smallest absolute Gasteiger partial charge is 0.191 e. The molecule has 0 unspecified atom stereocenters. The second-order valence-electron chi connectivity index (χ2n) is 8.08. The number of aliphatic hydroxyl groups excluding tert-OH is 3. The number of rotatable bonds is 10. The fraction of sp³-hybridized carbons (Fsp3) is 0.583. The molecule has 12 heteroatoms. The molecule has 0 radical (unpaired) electrons. The Morgan fingerprint density at radius 1 is 1.39 bits per heavy atom. The van der Waals surface area contributed by atoms with Crippen molar-refractivity contribution in [1.29, 1.82) is 0 Å². The highest BCUT2D eigenvalue weighted by molar-refractivity contribution is 7.99. The number of thioether (sulfide) groups is 1. The third kappa shape index (κ3) is 4.92. The molecule has 0 amide bonds. The number of benzene rings is 1. The van der Waals surface area contributed by atoms with Gasteiger partial charge in [-0.15, -0.1) is 5.10 Å². The molecule has 2 saturated carbocycles. The van der Waals surface area contributed by atoms with Crippen LogP contribution < -0.4 is 5.32 Å². The molecule has 1 aromatic carbocycles. The molecule has 2 fully saturated rings. The number of halogens is 1. The zero-order chi connectivity index (χ0) is 36.1. The molecule has 0 aliphatic heterocycles. The van der Waals surface area contributed by atoms with Crippen molar-refractivity contribution in [3.05, 3.63) is 35.1 Å². The van der Waals surface area contributed by atoms with Crippen LogP contribution in [0.15, 0.2) is 23.3 Å². The lowest BCUT2D eigenvalue weighted by Gasteiger charge is -2.17. The molecule has 5 rings (SSSR count). The van der Waals surface area contributed by atoms with Crippen LogP contribution in [0.1, 0.15) is 65.6 Å². The zero-order valence-corrected chi connectivity index (χ0v) is 19.9. The van der Waals surface area contributed by atoms with Gasteiger partial charge in [0.2, 0.25) is 0 Å². The Bertz CT molecular complexity index is 1740. The van der Waals surface area contributed by atoms with Gasteiger partial charge in [-0.05, 0) is 36.8 Å². The van der Waals surface area contributed by atoms with Crippen LogP contribution in [-0.2, 0) is 4.74 Å². The molecule has 2 aliphatic rings. The summed E-state index contributed by atoms with van der Waals surface area (Å²) in [6, 6.07) is -5.11. The van der Waals surface area contributed by atoms with Crippen molar-refractivity contribution in [2.75, 3.05) is 24.2 Å². The Kier molecular flexibility index (Phi) is 4.25. The Balaban J connectivity index is 1.61. The van der Waals surface area contributed by atoms with Gasteiger partial charge in [0.25, 0.3) is 0 Å². The monoisotopic (exact) mass is 530 g/mol. The highest BCUT2D eigenvalue weighted by Crippen LogP contribution is 2.44. The summed E-state index contributed by atoms with van der Waals surface area (Å²) >= 11 is 0.242. The van der Waals surface area contributed by atoms with Crippen LogP contribution in [0.2, 0.25) is 0 Å². The van der Waals surface area contributed by atoms with Crippen LogP contribution in [0, 0.1) is 12.7 Å². The summed E-state index contributed by atoms with van der Waals surface area (Å²) < 4.78 is 119. The van der Waals surface area contributed by atoms with Crippen molar-refractivity contribution in [3.8, 4) is 0 Å². The van der Waals surface area contributed by atoms with Crippen molar-refractivity contribution in [2.45, 2.75) is 74.5 Å². The van der Waals surface area contributed by atoms with Crippen molar-refractivity contribution < 1.29 is 40.9 Å². The van der Waals surface area contributed by atoms with E-state index in [9.17, 15) is 19.7 Å². The molecule has 3 aromatic rings. The third-order valence-corrected chi connectivity index (χ3v) is 6.43. The topological polar surface area (TPSA) is 138 Å². The normalized spacial score (nSPS) is 37.1. The molecular weight excluding hydrogens is 487 g/mol. The molecule has 36 heavy (non-hydrogen) atoms. The minimum atomic E-state index is -2.65. The number of aromatic nitrogens is 5. The van der Waals surface area contributed by atoms with E-state index in [1.165, 1.54) is 6.92 Å². The van der Waals surface area contributed by atoms with Gasteiger partial charge < -0.3 is 25.4 Å². The van der Waals surface area contributed by atoms with Gasteiger partial charge in [-0.3, -0.25) is 0 Å². The maximum absolute atomic E-state index is 14.9. The van der Waals surface area contributed by atoms with E-state index in [1.54, 1.807) is 0 Å². The minimum Gasteiger partial charge on any atom is -0.394 e. The SMILES string of the molecule is [2H]c1c([2H])c([C@@]2([2H])[C@H](Nc3nc(SC([2H])([2H])C([2H])([2H])C)nc4c3nnn4[C@@H]3C[C@H](OC([2H])([2H])CO)[C@@H](O)[C@H]3O)C2([2H])[2H])c([2H])c(F)c1C. The number of aliphatic hydroxyl groups is 3. The van der Waals surface area contributed by atoms with Crippen LogP contribution in [0.5, 0.6) is 0 Å². The van der Waals surface area contributed by atoms with E-state index >= 15 is 0 Å². The first-order valence-corrected chi connectivity index (χ1v) is 11.7. The lowest BCUT2D eigenvalue weighted by atomic mass is 10.1. The molecular formula is C24H31FN6O4S. The summed E-state index contributed by atoms with van der Waals surface area (Å²) in [7, 11) is 0. The Hall–Kier alpha value is -2.38. The van der Waals surface area contributed by atoms with Gasteiger partial charge in [-0.1, -0.05) is 36.0 Å². The quantitative estimate of drug-likeness (QED) is 0.228. The van der Waals surface area contributed by atoms with Gasteiger partial charge >= 0.3 is 0 Å². The maximum Gasteiger partial charge on any atom is 0.191 e. The number of nitrogens with one attached hydrogen (secondary N) is 1. The molecule has 2 aliphatic carbocycles. The summed E-state index contributed by atoms with van der Waals surface area (Å²) in [5.74, 6) is -4.05. The van der Waals surface area contributed by atoms with Crippen molar-refractivity contribution in [3.63, 3.8) is 0 Å². The number of hydrogen-bond donors (Lipinski definition) is 4. The van der Waals surface area contributed by atoms with Gasteiger partial charge in [0.1, 0.15) is 18.0 Å². The lowest BCUT2D eigenvalue weighted by molar-refractivity contribution is -0.0629. The highest BCUT2D eigenvalue weighted by atomic mass is 32.2. The zero-order valence-electron chi connectivity index (χ0n) is 31.1. The highest BCUT2D eigenvalue weighted by Gasteiger charge is 2.45. The van der Waals surface area contributed by atoms with E-state index < -0.39 is 103 Å². The molecule has 4 N–H and O–H groups in total. The van der Waals surface area contributed by atoms with E-state index in [1.807, 2.05) is 0 Å². The molecule has 194 valence electrons. The average Bonchev–Trinajstić information content (AvgIpc) is 3.29. The van der Waals surface area contributed by atoms with Crippen LogP contribution >= 0.6 is 11.8 Å². The fourth-order valence-corrected chi connectivity index (χ4v) is 4.37. The molecule has 10 nitrogen and oxygen atoms in total. The summed E-state index contributed by atoms with van der Waals surface area (Å²) in [5.41, 5.74) is -4.11. The summed E-state index contributed by atoms with van der Waals surface area (Å²) in [5, 5.41) is 40.9. The molecule has 2 heterocycles. The first-order valence-electron chi connectivity index (χ1n) is 16.9. The molecule has 2 aromatic heterocycles. The average molecular weight is 531 g/mol. The molecule has 6 atom stereocenters. The Morgan fingerprint density at radius 2 is 2.22 bits per heavy atom. The number of hydrogen-bond acceptors (Lipinski definition) is 10. The molecule has 0 saturated heterocycles. The predicted molar refractivity (Wildman–Crippen MR) is 133 cm³/mol. The lowest BCUT2D eigenvalue weighted by Crippen LogP contribution is -2.33. The first kappa shape index (κ1) is 14.5. The van der Waals surface area contributed by atoms with Crippen LogP contribution in [-0.4, -0.2) is 83.5 Å². The number of fused-ring (bicyclic) bond motifs is 1. The summed E-state index contributed by atoms with van der Waals surface area (Å²) in [4.78, 5) is 8.45. The van der Waals surface area contributed by atoms with Gasteiger partial charge in [0.05, 0.1) is 32.2 Å². The van der Waals surface area contributed by atoms with Gasteiger partial charge in [0.15, 0.2) is 22.1 Å². The van der Waals surface area contributed by atoms with Gasteiger partial charge in [0, 0.05) is 33.7 Å². The van der Waals surface area contributed by atoms with Crippen LogP contribution in [0.25, 0.3) is 11.2 Å². The summed E-state index contributed by atoms with van der Waals surface area (Å²) in [6.45, 7) is -1.45. The number of nitrogens with zero attached hydrogens (tertiary/aromatic N) is 5. The van der Waals surface area contributed by atoms with Crippen molar-refractivity contribution >= 4 is 28.7 Å². The van der Waals surface area contributed by atoms with E-state index in [4.69, 9.17) is 21.2 Å². The maximum atomic E-state index is 14.9. The van der Waals surface area contributed by atoms with Crippen LogP contribution in [0.4, 0.5) is 10.2 Å². The van der Waals surface area contributed by atoms with Crippen LogP contribution in [0.3, 0.4) is 0 Å². The first-order chi connectivity index (χ1) is 21.9. The van der Waals surface area contributed by atoms with Gasteiger partial charge in [-0.25, -0.2) is 19.0 Å². The molecule has 0 spiro atoms. The minimum absolute atomic E-state index is 0.227. The largest absolute Gasteiger partial charge is 0.394 e. The van der Waals surface area contributed by atoms with Crippen molar-refractivity contribution in [2.24, 2.45) is 0 Å². The van der Waals surface area contributed by atoms with E-state index in [2.05, 4.69) is 25.6 Å². The predicted octanol–water partition coefficient (Wildman–Crippen LogP) is 2.18. The van der Waals surface area contributed by atoms with E-state index in [-0.39, 0.29) is 40.7 Å². The fourth-order valence-electron chi connectivity index (χ4n) is 3.90. The van der Waals surface area contributed by atoms with Gasteiger partial charge in [-0.2, -0.15) is 0 Å². The van der Waals surface area contributed by atoms with E-state index in [0.717, 1.165) is 11.6 Å². The number of anilines is 1.